The third kappa shape index (κ3) is 1.99. The van der Waals surface area contributed by atoms with Crippen molar-refractivity contribution < 1.29 is 4.79 Å². The number of carbonyl (C=O) groups excluding carboxylic acids is 1. The molecule has 1 N–H and O–H groups in total. The molecule has 1 atom stereocenters. The second-order valence-electron chi connectivity index (χ2n) is 5.83. The average molecular weight is 273 g/mol. The third-order valence-corrected chi connectivity index (χ3v) is 4.74. The first kappa shape index (κ1) is 13.4. The molecule has 2 aliphatic rings. The summed E-state index contributed by atoms with van der Waals surface area (Å²) in [5.41, 5.74) is 1.85. The molecule has 0 spiro atoms. The van der Waals surface area contributed by atoms with Gasteiger partial charge in [0.25, 0.3) is 0 Å². The number of hydrogen-bond acceptors (Lipinski definition) is 3. The van der Waals surface area contributed by atoms with Crippen LogP contribution in [-0.2, 0) is 4.79 Å². The first-order chi connectivity index (χ1) is 9.68. The van der Waals surface area contributed by atoms with E-state index in [9.17, 15) is 4.79 Å². The minimum atomic E-state index is -0.344. The summed E-state index contributed by atoms with van der Waals surface area (Å²) in [5.74, 6) is 0.248. The molecule has 0 aromatic heterocycles. The van der Waals surface area contributed by atoms with Gasteiger partial charge in [0.15, 0.2) is 0 Å². The van der Waals surface area contributed by atoms with Gasteiger partial charge in [0.2, 0.25) is 5.91 Å². The summed E-state index contributed by atoms with van der Waals surface area (Å²) in [6, 6.07) is 8.20. The molecule has 108 valence electrons. The van der Waals surface area contributed by atoms with Gasteiger partial charge in [0.1, 0.15) is 0 Å². The normalized spacial score (nSPS) is 25.7. The Bertz CT molecular complexity index is 508. The molecule has 1 aromatic carbocycles. The molecule has 0 bridgehead atoms. The minimum Gasteiger partial charge on any atom is -0.371 e. The Kier molecular flexibility index (Phi) is 3.42. The third-order valence-electron chi connectivity index (χ3n) is 4.74. The maximum atomic E-state index is 13.1. The van der Waals surface area contributed by atoms with Crippen molar-refractivity contribution in [2.75, 3.05) is 36.5 Å². The molecule has 1 unspecified atom stereocenters. The molecule has 1 fully saturated rings. The lowest BCUT2D eigenvalue weighted by Gasteiger charge is -2.40. The SMILES string of the molecule is CCC1(C(=O)N2CCN(C)c3ccccc32)CCCN1. The van der Waals surface area contributed by atoms with Crippen LogP contribution < -0.4 is 15.1 Å². The highest BCUT2D eigenvalue weighted by molar-refractivity contribution is 6.03. The van der Waals surface area contributed by atoms with Crippen molar-refractivity contribution in [1.82, 2.24) is 5.32 Å². The Hall–Kier alpha value is -1.55. The summed E-state index contributed by atoms with van der Waals surface area (Å²) in [6.07, 6.45) is 2.91. The highest BCUT2D eigenvalue weighted by atomic mass is 16.2. The van der Waals surface area contributed by atoms with E-state index >= 15 is 0 Å². The van der Waals surface area contributed by atoms with E-state index in [-0.39, 0.29) is 11.4 Å². The van der Waals surface area contributed by atoms with E-state index < -0.39 is 0 Å². The van der Waals surface area contributed by atoms with Crippen LogP contribution in [0.15, 0.2) is 24.3 Å². The summed E-state index contributed by atoms with van der Waals surface area (Å²) in [7, 11) is 2.09. The molecule has 2 aliphatic heterocycles. The second-order valence-corrected chi connectivity index (χ2v) is 5.83. The topological polar surface area (TPSA) is 35.6 Å². The predicted molar refractivity (Wildman–Crippen MR) is 82.3 cm³/mol. The Morgan fingerprint density at radius 2 is 2.05 bits per heavy atom. The van der Waals surface area contributed by atoms with Crippen LogP contribution in [0.2, 0.25) is 0 Å². The summed E-state index contributed by atoms with van der Waals surface area (Å²) in [4.78, 5) is 17.3. The van der Waals surface area contributed by atoms with Crippen LogP contribution in [0.4, 0.5) is 11.4 Å². The van der Waals surface area contributed by atoms with E-state index in [1.807, 2.05) is 17.0 Å². The molecule has 0 saturated carbocycles. The summed E-state index contributed by atoms with van der Waals surface area (Å²) >= 11 is 0. The molecular formula is C16H23N3O. The number of nitrogens with zero attached hydrogens (tertiary/aromatic N) is 2. The lowest BCUT2D eigenvalue weighted by Crippen LogP contribution is -2.57. The van der Waals surface area contributed by atoms with Gasteiger partial charge < -0.3 is 15.1 Å². The molecule has 1 amide bonds. The van der Waals surface area contributed by atoms with Crippen molar-refractivity contribution in [3.8, 4) is 0 Å². The first-order valence-electron chi connectivity index (χ1n) is 7.55. The van der Waals surface area contributed by atoms with E-state index in [1.54, 1.807) is 0 Å². The number of benzene rings is 1. The van der Waals surface area contributed by atoms with Gasteiger partial charge in [-0.15, -0.1) is 0 Å². The fraction of sp³-hybridized carbons (Fsp3) is 0.562. The zero-order chi connectivity index (χ0) is 14.2. The van der Waals surface area contributed by atoms with E-state index in [0.717, 1.165) is 50.3 Å². The average Bonchev–Trinajstić information content (AvgIpc) is 2.97. The van der Waals surface area contributed by atoms with Gasteiger partial charge in [-0.2, -0.15) is 0 Å². The van der Waals surface area contributed by atoms with Gasteiger partial charge in [0, 0.05) is 20.1 Å². The molecule has 3 rings (SSSR count). The largest absolute Gasteiger partial charge is 0.371 e. The fourth-order valence-electron chi connectivity index (χ4n) is 3.42. The van der Waals surface area contributed by atoms with E-state index in [4.69, 9.17) is 0 Å². The van der Waals surface area contributed by atoms with Gasteiger partial charge in [0.05, 0.1) is 16.9 Å². The lowest BCUT2D eigenvalue weighted by atomic mass is 9.91. The number of para-hydroxylation sites is 2. The highest BCUT2D eigenvalue weighted by Gasteiger charge is 2.43. The van der Waals surface area contributed by atoms with E-state index in [2.05, 4.69) is 36.3 Å². The molecule has 4 heteroatoms. The number of anilines is 2. The molecule has 0 aliphatic carbocycles. The molecule has 1 aromatic rings. The fourth-order valence-corrected chi connectivity index (χ4v) is 3.42. The molecule has 2 heterocycles. The van der Waals surface area contributed by atoms with Crippen LogP contribution in [0.1, 0.15) is 26.2 Å². The zero-order valence-corrected chi connectivity index (χ0v) is 12.4. The number of nitrogens with one attached hydrogen (secondary N) is 1. The summed E-state index contributed by atoms with van der Waals surface area (Å²) in [6.45, 7) is 4.73. The predicted octanol–water partition coefficient (Wildman–Crippen LogP) is 2.00. The van der Waals surface area contributed by atoms with Crippen LogP contribution in [-0.4, -0.2) is 38.1 Å². The molecule has 4 nitrogen and oxygen atoms in total. The first-order valence-corrected chi connectivity index (χ1v) is 7.55. The molecule has 1 saturated heterocycles. The molecule has 0 radical (unpaired) electrons. The van der Waals surface area contributed by atoms with Gasteiger partial charge >= 0.3 is 0 Å². The quantitative estimate of drug-likeness (QED) is 0.895. The Morgan fingerprint density at radius 3 is 2.70 bits per heavy atom. The van der Waals surface area contributed by atoms with Crippen LogP contribution in [0.3, 0.4) is 0 Å². The van der Waals surface area contributed by atoms with Gasteiger partial charge in [-0.1, -0.05) is 19.1 Å². The second kappa shape index (κ2) is 5.09. The maximum Gasteiger partial charge on any atom is 0.247 e. The maximum absolute atomic E-state index is 13.1. The van der Waals surface area contributed by atoms with Gasteiger partial charge in [-0.25, -0.2) is 0 Å². The Labute approximate surface area is 120 Å². The van der Waals surface area contributed by atoms with Gasteiger partial charge in [-0.3, -0.25) is 4.79 Å². The Balaban J connectivity index is 1.95. The van der Waals surface area contributed by atoms with Crippen molar-refractivity contribution in [3.05, 3.63) is 24.3 Å². The van der Waals surface area contributed by atoms with Crippen molar-refractivity contribution in [3.63, 3.8) is 0 Å². The number of fused-ring (bicyclic) bond motifs is 1. The standard InChI is InChI=1S/C16H23N3O/c1-3-16(9-6-10-17-16)15(20)19-12-11-18(2)13-7-4-5-8-14(13)19/h4-5,7-8,17H,3,6,9-12H2,1-2H3. The zero-order valence-electron chi connectivity index (χ0n) is 12.4. The summed E-state index contributed by atoms with van der Waals surface area (Å²) < 4.78 is 0. The number of rotatable bonds is 2. The number of likely N-dealkylation sites (N-methyl/N-ethyl adjacent to an activating group) is 1. The minimum absolute atomic E-state index is 0.248. The van der Waals surface area contributed by atoms with E-state index in [0.29, 0.717) is 0 Å². The van der Waals surface area contributed by atoms with Crippen LogP contribution >= 0.6 is 0 Å². The monoisotopic (exact) mass is 273 g/mol. The molecular weight excluding hydrogens is 250 g/mol. The van der Waals surface area contributed by atoms with Crippen molar-refractivity contribution >= 4 is 17.3 Å². The van der Waals surface area contributed by atoms with Crippen molar-refractivity contribution in [1.29, 1.82) is 0 Å². The van der Waals surface area contributed by atoms with Crippen molar-refractivity contribution in [2.24, 2.45) is 0 Å². The van der Waals surface area contributed by atoms with Crippen LogP contribution in [0.5, 0.6) is 0 Å². The number of carbonyl (C=O) groups is 1. The highest BCUT2D eigenvalue weighted by Crippen LogP contribution is 2.35. The van der Waals surface area contributed by atoms with Crippen LogP contribution in [0.25, 0.3) is 0 Å². The smallest absolute Gasteiger partial charge is 0.247 e. The Morgan fingerprint density at radius 1 is 1.30 bits per heavy atom. The molecule has 20 heavy (non-hydrogen) atoms. The summed E-state index contributed by atoms with van der Waals surface area (Å²) in [5, 5.41) is 3.45. The van der Waals surface area contributed by atoms with Crippen molar-refractivity contribution in [2.45, 2.75) is 31.7 Å². The number of hydrogen-bond donors (Lipinski definition) is 1. The lowest BCUT2D eigenvalue weighted by molar-refractivity contribution is -0.124. The van der Waals surface area contributed by atoms with E-state index in [1.165, 1.54) is 0 Å². The van der Waals surface area contributed by atoms with Gasteiger partial charge in [-0.05, 0) is 37.9 Å². The van der Waals surface area contributed by atoms with Crippen LogP contribution in [0, 0.1) is 0 Å². The number of amides is 1.